The van der Waals surface area contributed by atoms with E-state index in [0.29, 0.717) is 11.7 Å². The smallest absolute Gasteiger partial charge is 0.226 e. The first-order valence-electron chi connectivity index (χ1n) is 13.8. The van der Waals surface area contributed by atoms with Crippen molar-refractivity contribution in [3.05, 3.63) is 119 Å². The molecular weight excluding hydrogens is 528 g/mol. The molecule has 0 radical (unpaired) electrons. The van der Waals surface area contributed by atoms with Gasteiger partial charge in [-0.3, -0.25) is 9.78 Å². The highest BCUT2D eigenvalue weighted by Crippen LogP contribution is 2.41. The predicted octanol–water partition coefficient (Wildman–Crippen LogP) is 6.35. The first-order chi connectivity index (χ1) is 19.9. The molecule has 206 valence electrons. The van der Waals surface area contributed by atoms with E-state index in [-0.39, 0.29) is 24.4 Å². The number of nitrogens with one attached hydrogen (secondary N) is 2. The number of benzene rings is 2. The maximum atomic E-state index is 13.2. The molecule has 6 rings (SSSR count). The van der Waals surface area contributed by atoms with E-state index in [0.717, 1.165) is 50.5 Å². The van der Waals surface area contributed by atoms with Crippen LogP contribution in [-0.4, -0.2) is 37.0 Å². The molecule has 0 aliphatic carbocycles. The number of rotatable bonds is 7. The van der Waals surface area contributed by atoms with Gasteiger partial charge in [-0.05, 0) is 79.8 Å². The molecule has 0 unspecified atom stereocenters. The Labute approximate surface area is 245 Å². The number of pyridine rings is 2. The Bertz CT molecular complexity index is 1740. The van der Waals surface area contributed by atoms with Crippen LogP contribution >= 0.6 is 12.2 Å². The molecule has 1 aliphatic rings. The van der Waals surface area contributed by atoms with Gasteiger partial charge in [0.15, 0.2) is 5.11 Å². The topological polar surface area (TPSA) is 75.1 Å². The van der Waals surface area contributed by atoms with Gasteiger partial charge in [-0.15, -0.1) is 0 Å². The Morgan fingerprint density at radius 1 is 0.951 bits per heavy atom. The molecule has 3 aromatic heterocycles. The molecule has 1 fully saturated rings. The van der Waals surface area contributed by atoms with Gasteiger partial charge in [0.05, 0.1) is 17.8 Å². The van der Waals surface area contributed by atoms with Gasteiger partial charge in [0.25, 0.3) is 0 Å². The van der Waals surface area contributed by atoms with Gasteiger partial charge in [0, 0.05) is 47.8 Å². The van der Waals surface area contributed by atoms with E-state index < -0.39 is 0 Å². The Morgan fingerprint density at radius 3 is 2.54 bits per heavy atom. The number of aryl methyl sites for hydroxylation is 2. The molecule has 1 amide bonds. The molecule has 2 aromatic carbocycles. The number of carbonyl (C=O) groups excluding carboxylic acids is 1. The van der Waals surface area contributed by atoms with Crippen LogP contribution in [0, 0.1) is 20.8 Å². The summed E-state index contributed by atoms with van der Waals surface area (Å²) in [5.74, 6) is 0.858. The van der Waals surface area contributed by atoms with Crippen molar-refractivity contribution in [3.63, 3.8) is 0 Å². The predicted molar refractivity (Wildman–Crippen MR) is 167 cm³/mol. The number of anilines is 1. The van der Waals surface area contributed by atoms with Crippen molar-refractivity contribution < 1.29 is 4.79 Å². The fourth-order valence-corrected chi connectivity index (χ4v) is 6.21. The van der Waals surface area contributed by atoms with E-state index in [1.165, 1.54) is 0 Å². The summed E-state index contributed by atoms with van der Waals surface area (Å²) in [6.45, 7) is 6.76. The minimum atomic E-state index is -0.163. The summed E-state index contributed by atoms with van der Waals surface area (Å²) in [5.41, 5.74) is 6.13. The third-order valence-electron chi connectivity index (χ3n) is 7.82. The second-order valence-corrected chi connectivity index (χ2v) is 10.8. The third-order valence-corrected chi connectivity index (χ3v) is 8.18. The molecule has 41 heavy (non-hydrogen) atoms. The molecule has 5 aromatic rings. The van der Waals surface area contributed by atoms with Crippen molar-refractivity contribution >= 4 is 39.7 Å². The molecular formula is C33H32N6OS. The number of carbonyl (C=O) groups is 1. The van der Waals surface area contributed by atoms with Gasteiger partial charge in [0.1, 0.15) is 5.82 Å². The number of amides is 1. The van der Waals surface area contributed by atoms with Crippen LogP contribution in [0.2, 0.25) is 0 Å². The molecule has 4 heterocycles. The lowest BCUT2D eigenvalue weighted by Crippen LogP contribution is -2.33. The highest BCUT2D eigenvalue weighted by atomic mass is 32.1. The lowest BCUT2D eigenvalue weighted by molar-refractivity contribution is -0.116. The van der Waals surface area contributed by atoms with Crippen LogP contribution in [-0.2, 0) is 4.79 Å². The molecule has 0 bridgehead atoms. The summed E-state index contributed by atoms with van der Waals surface area (Å²) in [7, 11) is 0. The fourth-order valence-electron chi connectivity index (χ4n) is 5.88. The average molecular weight is 561 g/mol. The van der Waals surface area contributed by atoms with Crippen LogP contribution in [0.25, 0.3) is 16.6 Å². The standard InChI is InChI=1S/C33H32N6OS/c1-21-10-9-18-35-32(21)39-22(2)20-26(23(39)3)31-30(28-14-6-7-17-34-28)37-33(41)38(31)19-16-29(40)36-27-15-8-12-24-11-4-5-13-25(24)27/h4-15,17-18,20,30-31H,16,19H2,1-3H3,(H,36,40)(H,37,41)/t30-,31+/m0/s1. The van der Waals surface area contributed by atoms with E-state index in [1.54, 1.807) is 6.20 Å². The Morgan fingerprint density at radius 2 is 1.73 bits per heavy atom. The van der Waals surface area contributed by atoms with Crippen molar-refractivity contribution in [2.45, 2.75) is 39.3 Å². The Hall–Kier alpha value is -4.56. The summed E-state index contributed by atoms with van der Waals surface area (Å²) in [6.07, 6.45) is 3.91. The summed E-state index contributed by atoms with van der Waals surface area (Å²) in [5, 5.41) is 9.35. The van der Waals surface area contributed by atoms with E-state index in [4.69, 9.17) is 12.2 Å². The molecule has 1 saturated heterocycles. The molecule has 8 heteroatoms. The van der Waals surface area contributed by atoms with Crippen LogP contribution < -0.4 is 10.6 Å². The quantitative estimate of drug-likeness (QED) is 0.226. The maximum Gasteiger partial charge on any atom is 0.226 e. The zero-order valence-corrected chi connectivity index (χ0v) is 24.2. The highest BCUT2D eigenvalue weighted by Gasteiger charge is 2.41. The minimum absolute atomic E-state index is 0.0567. The number of hydrogen-bond donors (Lipinski definition) is 2. The lowest BCUT2D eigenvalue weighted by atomic mass is 9.96. The van der Waals surface area contributed by atoms with Crippen molar-refractivity contribution in [2.75, 3.05) is 11.9 Å². The molecule has 7 nitrogen and oxygen atoms in total. The van der Waals surface area contributed by atoms with Crippen molar-refractivity contribution in [1.82, 2.24) is 24.8 Å². The highest BCUT2D eigenvalue weighted by molar-refractivity contribution is 7.80. The first kappa shape index (κ1) is 26.7. The summed E-state index contributed by atoms with van der Waals surface area (Å²) in [4.78, 5) is 24.7. The van der Waals surface area contributed by atoms with Crippen LogP contribution in [0.4, 0.5) is 5.69 Å². The maximum absolute atomic E-state index is 13.2. The average Bonchev–Trinajstić information content (AvgIpc) is 3.47. The number of fused-ring (bicyclic) bond motifs is 1. The number of nitrogens with zero attached hydrogens (tertiary/aromatic N) is 4. The van der Waals surface area contributed by atoms with E-state index in [1.807, 2.05) is 72.9 Å². The lowest BCUT2D eigenvalue weighted by Gasteiger charge is -2.28. The van der Waals surface area contributed by atoms with Gasteiger partial charge in [0.2, 0.25) is 5.91 Å². The van der Waals surface area contributed by atoms with Crippen molar-refractivity contribution in [2.24, 2.45) is 0 Å². The van der Waals surface area contributed by atoms with Gasteiger partial charge < -0.3 is 20.1 Å². The van der Waals surface area contributed by atoms with Crippen LogP contribution in [0.5, 0.6) is 0 Å². The van der Waals surface area contributed by atoms with E-state index >= 15 is 0 Å². The number of hydrogen-bond acceptors (Lipinski definition) is 4. The van der Waals surface area contributed by atoms with Gasteiger partial charge >= 0.3 is 0 Å². The first-order valence-corrected chi connectivity index (χ1v) is 14.2. The molecule has 0 spiro atoms. The van der Waals surface area contributed by atoms with Crippen molar-refractivity contribution in [3.8, 4) is 5.82 Å². The number of aromatic nitrogens is 3. The molecule has 2 N–H and O–H groups in total. The Kier molecular flexibility index (Phi) is 7.24. The summed E-state index contributed by atoms with van der Waals surface area (Å²) in [6, 6.07) is 25.9. The molecule has 2 atom stereocenters. The molecule has 0 saturated carbocycles. The van der Waals surface area contributed by atoms with Gasteiger partial charge in [-0.1, -0.05) is 48.5 Å². The SMILES string of the molecule is Cc1cccnc1-n1c(C)cc([C@@H]2[C@H](c3ccccn3)NC(=S)N2CCC(=O)Nc2cccc3ccccc23)c1C. The van der Waals surface area contributed by atoms with E-state index in [9.17, 15) is 4.79 Å². The van der Waals surface area contributed by atoms with Crippen LogP contribution in [0.15, 0.2) is 91.3 Å². The van der Waals surface area contributed by atoms with Crippen LogP contribution in [0.3, 0.4) is 0 Å². The normalized spacial score (nSPS) is 16.7. The second kappa shape index (κ2) is 11.1. The summed E-state index contributed by atoms with van der Waals surface area (Å²) < 4.78 is 2.20. The second-order valence-electron chi connectivity index (χ2n) is 10.5. The number of thiocarbonyl (C=S) groups is 1. The monoisotopic (exact) mass is 560 g/mol. The van der Waals surface area contributed by atoms with Crippen molar-refractivity contribution in [1.29, 1.82) is 0 Å². The third kappa shape index (κ3) is 5.07. The van der Waals surface area contributed by atoms with E-state index in [2.05, 4.69) is 63.0 Å². The zero-order valence-electron chi connectivity index (χ0n) is 23.3. The summed E-state index contributed by atoms with van der Waals surface area (Å²) >= 11 is 5.87. The van der Waals surface area contributed by atoms with Crippen LogP contribution in [0.1, 0.15) is 46.7 Å². The van der Waals surface area contributed by atoms with Gasteiger partial charge in [-0.2, -0.15) is 0 Å². The fraction of sp³-hybridized carbons (Fsp3) is 0.212. The molecule has 1 aliphatic heterocycles. The Balaban J connectivity index is 1.32. The zero-order chi connectivity index (χ0) is 28.5. The largest absolute Gasteiger partial charge is 0.352 e. The minimum Gasteiger partial charge on any atom is -0.352 e. The van der Waals surface area contributed by atoms with Gasteiger partial charge in [-0.25, -0.2) is 4.98 Å².